The van der Waals surface area contributed by atoms with Gasteiger partial charge in [-0.1, -0.05) is 0 Å². The predicted molar refractivity (Wildman–Crippen MR) is 68.2 cm³/mol. The van der Waals surface area contributed by atoms with Crippen molar-refractivity contribution in [1.82, 2.24) is 19.9 Å². The third-order valence-corrected chi connectivity index (χ3v) is 2.72. The average Bonchev–Trinajstić information content (AvgIpc) is 3.11. The number of nitrogens with one attached hydrogen (secondary N) is 2. The van der Waals surface area contributed by atoms with E-state index in [1.54, 1.807) is 31.9 Å². The zero-order valence-corrected chi connectivity index (χ0v) is 9.84. The summed E-state index contributed by atoms with van der Waals surface area (Å²) in [5.41, 5.74) is 1.91. The quantitative estimate of drug-likeness (QED) is 0.739. The molecule has 3 aromatic rings. The van der Waals surface area contributed by atoms with E-state index >= 15 is 0 Å². The maximum Gasteiger partial charge on any atom is 0.141 e. The third-order valence-electron chi connectivity index (χ3n) is 2.72. The first-order valence-corrected chi connectivity index (χ1v) is 5.56. The molecule has 0 aliphatic carbocycles. The highest BCUT2D eigenvalue weighted by molar-refractivity contribution is 5.71. The molecule has 5 nitrogen and oxygen atoms in total. The first-order valence-electron chi connectivity index (χ1n) is 5.56. The average molecular weight is 240 g/mol. The van der Waals surface area contributed by atoms with Crippen molar-refractivity contribution in [3.63, 3.8) is 0 Å². The first kappa shape index (κ1) is 10.6. The number of H-pyrrole nitrogens is 2. The minimum Gasteiger partial charge on any atom is -0.496 e. The lowest BCUT2D eigenvalue weighted by atomic mass is 10.1. The maximum absolute atomic E-state index is 5.35. The van der Waals surface area contributed by atoms with Crippen molar-refractivity contribution < 1.29 is 4.74 Å². The van der Waals surface area contributed by atoms with Crippen molar-refractivity contribution in [3.8, 4) is 28.5 Å². The van der Waals surface area contributed by atoms with E-state index in [2.05, 4.69) is 19.9 Å². The fourth-order valence-electron chi connectivity index (χ4n) is 1.88. The van der Waals surface area contributed by atoms with Gasteiger partial charge in [-0.2, -0.15) is 0 Å². The van der Waals surface area contributed by atoms with Gasteiger partial charge >= 0.3 is 0 Å². The molecule has 5 heteroatoms. The van der Waals surface area contributed by atoms with E-state index in [9.17, 15) is 0 Å². The van der Waals surface area contributed by atoms with E-state index in [0.717, 1.165) is 28.5 Å². The second-order valence-electron chi connectivity index (χ2n) is 3.79. The summed E-state index contributed by atoms with van der Waals surface area (Å²) in [6.45, 7) is 0. The summed E-state index contributed by atoms with van der Waals surface area (Å²) in [5, 5.41) is 0. The Kier molecular flexibility index (Phi) is 2.57. The second kappa shape index (κ2) is 4.37. The molecule has 0 bridgehead atoms. The predicted octanol–water partition coefficient (Wildman–Crippen LogP) is 2.48. The number of methoxy groups -OCH3 is 1. The Bertz CT molecular complexity index is 629. The van der Waals surface area contributed by atoms with Gasteiger partial charge < -0.3 is 14.7 Å². The number of imidazole rings is 2. The van der Waals surface area contributed by atoms with Crippen LogP contribution in [0, 0.1) is 0 Å². The van der Waals surface area contributed by atoms with Crippen LogP contribution in [0.25, 0.3) is 22.8 Å². The summed E-state index contributed by atoms with van der Waals surface area (Å²) in [6, 6.07) is 5.87. The Morgan fingerprint density at radius 2 is 1.72 bits per heavy atom. The molecular weight excluding hydrogens is 228 g/mol. The lowest BCUT2D eigenvalue weighted by Gasteiger charge is -2.07. The molecule has 0 saturated heterocycles. The van der Waals surface area contributed by atoms with Crippen molar-refractivity contribution in [1.29, 1.82) is 0 Å². The molecule has 0 fully saturated rings. The number of hydrogen-bond donors (Lipinski definition) is 2. The topological polar surface area (TPSA) is 66.6 Å². The molecule has 0 aliphatic rings. The molecule has 90 valence electrons. The van der Waals surface area contributed by atoms with Crippen LogP contribution in [0.15, 0.2) is 43.0 Å². The molecule has 3 rings (SSSR count). The van der Waals surface area contributed by atoms with Crippen LogP contribution in [0.3, 0.4) is 0 Å². The Morgan fingerprint density at radius 3 is 2.33 bits per heavy atom. The highest BCUT2D eigenvalue weighted by Crippen LogP contribution is 2.31. The van der Waals surface area contributed by atoms with Gasteiger partial charge in [0.2, 0.25) is 0 Å². The van der Waals surface area contributed by atoms with Gasteiger partial charge in [0.15, 0.2) is 0 Å². The minimum atomic E-state index is 0.778. The fraction of sp³-hybridized carbons (Fsp3) is 0.0769. The summed E-state index contributed by atoms with van der Waals surface area (Å²) >= 11 is 0. The van der Waals surface area contributed by atoms with Crippen molar-refractivity contribution in [2.75, 3.05) is 7.11 Å². The van der Waals surface area contributed by atoms with Crippen LogP contribution >= 0.6 is 0 Å². The molecule has 0 atom stereocenters. The van der Waals surface area contributed by atoms with Crippen molar-refractivity contribution in [3.05, 3.63) is 43.0 Å². The Hall–Kier alpha value is -2.56. The number of ether oxygens (including phenoxy) is 1. The van der Waals surface area contributed by atoms with Gasteiger partial charge in [-0.05, 0) is 18.2 Å². The number of rotatable bonds is 3. The maximum atomic E-state index is 5.35. The fourth-order valence-corrected chi connectivity index (χ4v) is 1.88. The number of nitrogens with zero attached hydrogens (tertiary/aromatic N) is 2. The summed E-state index contributed by atoms with van der Waals surface area (Å²) in [5.74, 6) is 2.38. The molecule has 0 spiro atoms. The number of aromatic amines is 2. The van der Waals surface area contributed by atoms with Crippen LogP contribution in [-0.2, 0) is 0 Å². The van der Waals surface area contributed by atoms with E-state index in [-0.39, 0.29) is 0 Å². The summed E-state index contributed by atoms with van der Waals surface area (Å²) in [6.07, 6.45) is 7.03. The molecule has 2 N–H and O–H groups in total. The monoisotopic (exact) mass is 240 g/mol. The van der Waals surface area contributed by atoms with Gasteiger partial charge in [0.1, 0.15) is 17.4 Å². The molecule has 2 heterocycles. The summed E-state index contributed by atoms with van der Waals surface area (Å²) < 4.78 is 5.35. The molecule has 0 amide bonds. The summed E-state index contributed by atoms with van der Waals surface area (Å²) in [7, 11) is 1.65. The standard InChI is InChI=1S/C13H12N4O/c1-18-11-3-2-9(12-14-4-5-15-12)8-10(11)13-16-6-7-17-13/h2-8H,1H3,(H,14,15)(H,16,17). The molecule has 18 heavy (non-hydrogen) atoms. The Labute approximate surface area is 104 Å². The Balaban J connectivity index is 2.14. The number of benzene rings is 1. The molecular formula is C13H12N4O. The van der Waals surface area contributed by atoms with E-state index in [1.807, 2.05) is 18.2 Å². The van der Waals surface area contributed by atoms with Crippen LogP contribution in [0.4, 0.5) is 0 Å². The van der Waals surface area contributed by atoms with Gasteiger partial charge in [-0.3, -0.25) is 0 Å². The van der Waals surface area contributed by atoms with Gasteiger partial charge in [0.25, 0.3) is 0 Å². The van der Waals surface area contributed by atoms with E-state index < -0.39 is 0 Å². The molecule has 0 unspecified atom stereocenters. The third kappa shape index (κ3) is 1.75. The van der Waals surface area contributed by atoms with Crippen LogP contribution in [0.5, 0.6) is 5.75 Å². The summed E-state index contributed by atoms with van der Waals surface area (Å²) in [4.78, 5) is 14.6. The van der Waals surface area contributed by atoms with Crippen LogP contribution < -0.4 is 4.74 Å². The SMILES string of the molecule is COc1ccc(-c2ncc[nH]2)cc1-c1ncc[nH]1. The van der Waals surface area contributed by atoms with Crippen LogP contribution in [0.1, 0.15) is 0 Å². The van der Waals surface area contributed by atoms with E-state index in [0.29, 0.717) is 0 Å². The second-order valence-corrected chi connectivity index (χ2v) is 3.79. The van der Waals surface area contributed by atoms with Crippen LogP contribution in [0.2, 0.25) is 0 Å². The van der Waals surface area contributed by atoms with Gasteiger partial charge in [-0.25, -0.2) is 9.97 Å². The first-order chi connectivity index (χ1) is 8.88. The highest BCUT2D eigenvalue weighted by atomic mass is 16.5. The minimum absolute atomic E-state index is 0.778. The molecule has 2 aromatic heterocycles. The highest BCUT2D eigenvalue weighted by Gasteiger charge is 2.10. The molecule has 0 radical (unpaired) electrons. The molecule has 0 aliphatic heterocycles. The lowest BCUT2D eigenvalue weighted by molar-refractivity contribution is 0.416. The number of hydrogen-bond acceptors (Lipinski definition) is 3. The van der Waals surface area contributed by atoms with Crippen LogP contribution in [-0.4, -0.2) is 27.0 Å². The molecule has 0 saturated carbocycles. The van der Waals surface area contributed by atoms with E-state index in [1.165, 1.54) is 0 Å². The van der Waals surface area contributed by atoms with E-state index in [4.69, 9.17) is 4.74 Å². The van der Waals surface area contributed by atoms with Gasteiger partial charge in [0, 0.05) is 30.4 Å². The zero-order chi connectivity index (χ0) is 12.4. The normalized spacial score (nSPS) is 10.5. The zero-order valence-electron chi connectivity index (χ0n) is 9.84. The Morgan fingerprint density at radius 1 is 1.00 bits per heavy atom. The largest absolute Gasteiger partial charge is 0.496 e. The van der Waals surface area contributed by atoms with Gasteiger partial charge in [-0.15, -0.1) is 0 Å². The van der Waals surface area contributed by atoms with Crippen molar-refractivity contribution >= 4 is 0 Å². The smallest absolute Gasteiger partial charge is 0.141 e. The number of aromatic nitrogens is 4. The van der Waals surface area contributed by atoms with Crippen molar-refractivity contribution in [2.24, 2.45) is 0 Å². The van der Waals surface area contributed by atoms with Crippen molar-refractivity contribution in [2.45, 2.75) is 0 Å². The van der Waals surface area contributed by atoms with Gasteiger partial charge in [0.05, 0.1) is 12.7 Å². The molecule has 1 aromatic carbocycles. The lowest BCUT2D eigenvalue weighted by Crippen LogP contribution is -1.91.